The minimum atomic E-state index is -4.36. The Hall–Kier alpha value is -1.64. The number of nitrogens with zero attached hydrogens (tertiary/aromatic N) is 2. The lowest BCUT2D eigenvalue weighted by molar-refractivity contribution is -0.154. The summed E-state index contributed by atoms with van der Waals surface area (Å²) in [5, 5.41) is 7.05. The highest BCUT2D eigenvalue weighted by molar-refractivity contribution is 8.00. The number of hydrogen-bond acceptors (Lipinski definition) is 4. The van der Waals surface area contributed by atoms with Gasteiger partial charge in [-0.2, -0.15) is 24.9 Å². The zero-order valence-corrected chi connectivity index (χ0v) is 14.2. The third-order valence-electron chi connectivity index (χ3n) is 3.39. The molecule has 2 rings (SSSR count). The van der Waals surface area contributed by atoms with Gasteiger partial charge in [-0.15, -0.1) is 0 Å². The van der Waals surface area contributed by atoms with Gasteiger partial charge in [-0.3, -0.25) is 4.99 Å². The van der Waals surface area contributed by atoms with Crippen LogP contribution in [-0.2, 0) is 6.54 Å². The zero-order chi connectivity index (χ0) is 17.4. The quantitative estimate of drug-likeness (QED) is 0.602. The molecule has 0 radical (unpaired) electrons. The maximum absolute atomic E-state index is 12.1. The summed E-state index contributed by atoms with van der Waals surface area (Å²) in [5.74, 6) is 1.86. The fourth-order valence-corrected chi connectivity index (χ4v) is 3.38. The average molecular weight is 362 g/mol. The molecule has 1 aromatic rings. The van der Waals surface area contributed by atoms with Gasteiger partial charge in [0.25, 0.3) is 0 Å². The van der Waals surface area contributed by atoms with E-state index in [4.69, 9.17) is 0 Å². The molecule has 5 nitrogen and oxygen atoms in total. The Morgan fingerprint density at radius 2 is 2.25 bits per heavy atom. The van der Waals surface area contributed by atoms with E-state index in [-0.39, 0.29) is 5.88 Å². The number of aliphatic imine (C=N–C) groups is 1. The Kier molecular flexibility index (Phi) is 7.01. The molecule has 0 aromatic carbocycles. The first-order valence-corrected chi connectivity index (χ1v) is 8.72. The zero-order valence-electron chi connectivity index (χ0n) is 13.4. The Balaban J connectivity index is 1.73. The number of alkyl halides is 3. The van der Waals surface area contributed by atoms with E-state index < -0.39 is 12.8 Å². The van der Waals surface area contributed by atoms with Crippen LogP contribution in [0.4, 0.5) is 13.2 Å². The van der Waals surface area contributed by atoms with E-state index in [1.807, 2.05) is 11.8 Å². The molecular formula is C15H21F3N4OS. The van der Waals surface area contributed by atoms with Crippen molar-refractivity contribution < 1.29 is 17.9 Å². The number of nitrogens with one attached hydrogen (secondary N) is 2. The van der Waals surface area contributed by atoms with Crippen molar-refractivity contribution in [2.24, 2.45) is 4.99 Å². The van der Waals surface area contributed by atoms with Crippen LogP contribution in [0.2, 0.25) is 0 Å². The number of ether oxygens (including phenoxy) is 1. The van der Waals surface area contributed by atoms with Crippen LogP contribution in [-0.4, -0.2) is 48.3 Å². The number of thioether (sulfide) groups is 1. The third kappa shape index (κ3) is 6.86. The summed E-state index contributed by atoms with van der Waals surface area (Å²) < 4.78 is 40.8. The summed E-state index contributed by atoms with van der Waals surface area (Å²) in [6.07, 6.45) is -0.397. The molecule has 1 unspecified atom stereocenters. The number of halogens is 3. The molecule has 0 spiro atoms. The molecule has 1 saturated heterocycles. The number of aromatic nitrogens is 1. The van der Waals surface area contributed by atoms with E-state index in [1.165, 1.54) is 30.9 Å². The van der Waals surface area contributed by atoms with E-state index >= 15 is 0 Å². The Morgan fingerprint density at radius 1 is 1.42 bits per heavy atom. The highest BCUT2D eigenvalue weighted by Crippen LogP contribution is 2.25. The lowest BCUT2D eigenvalue weighted by atomic mass is 10.2. The van der Waals surface area contributed by atoms with Crippen molar-refractivity contribution in [1.82, 2.24) is 15.6 Å². The predicted octanol–water partition coefficient (Wildman–Crippen LogP) is 2.58. The number of guanidine groups is 1. The largest absolute Gasteiger partial charge is 0.468 e. The van der Waals surface area contributed by atoms with Gasteiger partial charge >= 0.3 is 6.18 Å². The number of rotatable bonds is 6. The van der Waals surface area contributed by atoms with Gasteiger partial charge in [0.1, 0.15) is 0 Å². The summed E-state index contributed by atoms with van der Waals surface area (Å²) in [6, 6.07) is 3.10. The van der Waals surface area contributed by atoms with Crippen molar-refractivity contribution in [1.29, 1.82) is 0 Å². The topological polar surface area (TPSA) is 58.5 Å². The highest BCUT2D eigenvalue weighted by Gasteiger charge is 2.28. The van der Waals surface area contributed by atoms with Gasteiger partial charge in [-0.05, 0) is 24.2 Å². The molecule has 0 amide bonds. The minimum Gasteiger partial charge on any atom is -0.468 e. The van der Waals surface area contributed by atoms with Crippen molar-refractivity contribution in [3.8, 4) is 5.88 Å². The molecule has 2 heterocycles. The van der Waals surface area contributed by atoms with Crippen molar-refractivity contribution in [2.45, 2.75) is 30.8 Å². The molecule has 9 heteroatoms. The van der Waals surface area contributed by atoms with E-state index in [9.17, 15) is 13.2 Å². The van der Waals surface area contributed by atoms with Crippen LogP contribution in [0.15, 0.2) is 23.3 Å². The standard InChI is InChI=1S/C15H21F3N4OS/c1-19-14(22-9-12-3-2-6-24-12)21-8-11-4-5-13(20-7-11)23-10-15(16,17)18/h4-5,7,12H,2-3,6,8-10H2,1H3,(H2,19,21,22). The molecule has 0 saturated carbocycles. The average Bonchev–Trinajstić information content (AvgIpc) is 3.07. The fourth-order valence-electron chi connectivity index (χ4n) is 2.18. The van der Waals surface area contributed by atoms with E-state index in [2.05, 4.69) is 25.3 Å². The summed E-state index contributed by atoms with van der Waals surface area (Å²) in [5.41, 5.74) is 0.826. The van der Waals surface area contributed by atoms with Crippen molar-refractivity contribution in [3.05, 3.63) is 23.9 Å². The predicted molar refractivity (Wildman–Crippen MR) is 89.5 cm³/mol. The van der Waals surface area contributed by atoms with Gasteiger partial charge < -0.3 is 15.4 Å². The first kappa shape index (κ1) is 18.7. The second kappa shape index (κ2) is 9.00. The van der Waals surface area contributed by atoms with Crippen LogP contribution in [0.3, 0.4) is 0 Å². The Morgan fingerprint density at radius 3 is 2.83 bits per heavy atom. The molecule has 134 valence electrons. The van der Waals surface area contributed by atoms with Crippen LogP contribution in [0, 0.1) is 0 Å². The molecule has 0 aliphatic carbocycles. The van der Waals surface area contributed by atoms with E-state index in [0.29, 0.717) is 17.8 Å². The lowest BCUT2D eigenvalue weighted by Gasteiger charge is -2.15. The van der Waals surface area contributed by atoms with Crippen LogP contribution < -0.4 is 15.4 Å². The summed E-state index contributed by atoms with van der Waals surface area (Å²) in [6.45, 7) is 0.00415. The molecule has 1 fully saturated rings. The number of hydrogen-bond donors (Lipinski definition) is 2. The molecule has 1 atom stereocenters. The number of pyridine rings is 1. The summed E-state index contributed by atoms with van der Waals surface area (Å²) in [4.78, 5) is 8.02. The molecule has 24 heavy (non-hydrogen) atoms. The van der Waals surface area contributed by atoms with Crippen LogP contribution >= 0.6 is 11.8 Å². The highest BCUT2D eigenvalue weighted by atomic mass is 32.2. The first-order valence-electron chi connectivity index (χ1n) is 7.67. The smallest absolute Gasteiger partial charge is 0.422 e. The van der Waals surface area contributed by atoms with Gasteiger partial charge in [-0.25, -0.2) is 4.98 Å². The molecule has 0 bridgehead atoms. The SMILES string of the molecule is CN=C(NCc1ccc(OCC(F)(F)F)nc1)NCC1CCCS1. The first-order chi connectivity index (χ1) is 11.5. The van der Waals surface area contributed by atoms with E-state index in [1.54, 1.807) is 13.1 Å². The van der Waals surface area contributed by atoms with Crippen molar-refractivity contribution in [2.75, 3.05) is 26.0 Å². The second-order valence-corrected chi connectivity index (χ2v) is 6.76. The van der Waals surface area contributed by atoms with Gasteiger partial charge in [0, 0.05) is 37.7 Å². The molecule has 1 aromatic heterocycles. The van der Waals surface area contributed by atoms with Crippen molar-refractivity contribution >= 4 is 17.7 Å². The molecule has 2 N–H and O–H groups in total. The molecule has 1 aliphatic heterocycles. The Bertz CT molecular complexity index is 531. The second-order valence-electron chi connectivity index (χ2n) is 5.35. The van der Waals surface area contributed by atoms with Gasteiger partial charge in [-0.1, -0.05) is 6.07 Å². The summed E-state index contributed by atoms with van der Waals surface area (Å²) in [7, 11) is 1.70. The Labute approximate surface area is 143 Å². The van der Waals surface area contributed by atoms with Gasteiger partial charge in [0.05, 0.1) is 0 Å². The molecule has 1 aliphatic rings. The van der Waals surface area contributed by atoms with E-state index in [0.717, 1.165) is 12.1 Å². The van der Waals surface area contributed by atoms with Crippen LogP contribution in [0.25, 0.3) is 0 Å². The fraction of sp³-hybridized carbons (Fsp3) is 0.600. The molecular weight excluding hydrogens is 341 g/mol. The van der Waals surface area contributed by atoms with Gasteiger partial charge in [0.2, 0.25) is 5.88 Å². The summed E-state index contributed by atoms with van der Waals surface area (Å²) >= 11 is 1.97. The van der Waals surface area contributed by atoms with Crippen LogP contribution in [0.5, 0.6) is 5.88 Å². The third-order valence-corrected chi connectivity index (χ3v) is 4.78. The van der Waals surface area contributed by atoms with Crippen LogP contribution in [0.1, 0.15) is 18.4 Å². The maximum atomic E-state index is 12.1. The normalized spacial score (nSPS) is 18.5. The maximum Gasteiger partial charge on any atom is 0.422 e. The lowest BCUT2D eigenvalue weighted by Crippen LogP contribution is -2.39. The minimum absolute atomic E-state index is 0.0446. The van der Waals surface area contributed by atoms with Crippen molar-refractivity contribution in [3.63, 3.8) is 0 Å². The van der Waals surface area contributed by atoms with Gasteiger partial charge in [0.15, 0.2) is 12.6 Å². The monoisotopic (exact) mass is 362 g/mol.